The highest BCUT2D eigenvalue weighted by Gasteiger charge is 2.04. The van der Waals surface area contributed by atoms with E-state index >= 15 is 0 Å². The number of hydrogen-bond donors (Lipinski definition) is 0. The zero-order chi connectivity index (χ0) is 10.3. The van der Waals surface area contributed by atoms with Crippen LogP contribution in [0.1, 0.15) is 52.9 Å². The zero-order valence-electron chi connectivity index (χ0n) is 8.93. The standard InChI is InChI=1S/C11H20O2/c1-9(2)5-4-6-11(13)8-7-10(3)12/h9H,4-8H2,1-3H3. The van der Waals surface area contributed by atoms with Crippen LogP contribution in [-0.4, -0.2) is 11.6 Å². The van der Waals surface area contributed by atoms with E-state index in [1.165, 1.54) is 6.92 Å². The molecule has 0 saturated heterocycles. The Balaban J connectivity index is 3.36. The van der Waals surface area contributed by atoms with Crippen LogP contribution >= 0.6 is 0 Å². The molecule has 0 atom stereocenters. The smallest absolute Gasteiger partial charge is 0.133 e. The van der Waals surface area contributed by atoms with Gasteiger partial charge in [0, 0.05) is 19.3 Å². The van der Waals surface area contributed by atoms with Crippen molar-refractivity contribution in [1.29, 1.82) is 0 Å². The first kappa shape index (κ1) is 12.3. The zero-order valence-corrected chi connectivity index (χ0v) is 8.93. The summed E-state index contributed by atoms with van der Waals surface area (Å²) < 4.78 is 0. The fourth-order valence-electron chi connectivity index (χ4n) is 1.15. The number of rotatable bonds is 7. The molecular formula is C11H20O2. The molecule has 0 rings (SSSR count). The Morgan fingerprint density at radius 3 is 2.15 bits per heavy atom. The second-order valence-corrected chi connectivity index (χ2v) is 4.03. The second-order valence-electron chi connectivity index (χ2n) is 4.03. The molecule has 13 heavy (non-hydrogen) atoms. The van der Waals surface area contributed by atoms with E-state index in [1.54, 1.807) is 0 Å². The molecule has 0 spiro atoms. The Hall–Kier alpha value is -0.660. The minimum atomic E-state index is 0.109. The fraction of sp³-hybridized carbons (Fsp3) is 0.818. The predicted octanol–water partition coefficient (Wildman–Crippen LogP) is 2.75. The Morgan fingerprint density at radius 1 is 1.08 bits per heavy atom. The normalized spacial score (nSPS) is 10.5. The maximum Gasteiger partial charge on any atom is 0.133 e. The van der Waals surface area contributed by atoms with E-state index in [-0.39, 0.29) is 11.6 Å². The van der Waals surface area contributed by atoms with Gasteiger partial charge < -0.3 is 4.79 Å². The van der Waals surface area contributed by atoms with Crippen molar-refractivity contribution in [2.75, 3.05) is 0 Å². The van der Waals surface area contributed by atoms with Gasteiger partial charge in [0.25, 0.3) is 0 Å². The average Bonchev–Trinajstić information content (AvgIpc) is 2.00. The lowest BCUT2D eigenvalue weighted by atomic mass is 10.0. The molecule has 0 aromatic carbocycles. The Labute approximate surface area is 80.7 Å². The molecule has 0 aromatic heterocycles. The molecule has 0 heterocycles. The summed E-state index contributed by atoms with van der Waals surface area (Å²) in [4.78, 5) is 21.8. The molecule has 76 valence electrons. The van der Waals surface area contributed by atoms with Gasteiger partial charge >= 0.3 is 0 Å². The van der Waals surface area contributed by atoms with Gasteiger partial charge in [-0.2, -0.15) is 0 Å². The highest BCUT2D eigenvalue weighted by Crippen LogP contribution is 2.08. The van der Waals surface area contributed by atoms with Crippen LogP contribution in [0, 0.1) is 5.92 Å². The largest absolute Gasteiger partial charge is 0.300 e. The first-order valence-electron chi connectivity index (χ1n) is 5.03. The number of carbonyl (C=O) groups is 2. The third kappa shape index (κ3) is 9.25. The summed E-state index contributed by atoms with van der Waals surface area (Å²) in [6.07, 6.45) is 3.57. The third-order valence-electron chi connectivity index (χ3n) is 1.99. The number of Topliss-reactive ketones (excluding diaryl/α,β-unsaturated/α-hetero) is 2. The van der Waals surface area contributed by atoms with Crippen LogP contribution in [-0.2, 0) is 9.59 Å². The van der Waals surface area contributed by atoms with Crippen LogP contribution < -0.4 is 0 Å². The van der Waals surface area contributed by atoms with Crippen molar-refractivity contribution < 1.29 is 9.59 Å². The molecule has 2 nitrogen and oxygen atoms in total. The summed E-state index contributed by atoms with van der Waals surface area (Å²) in [5, 5.41) is 0. The van der Waals surface area contributed by atoms with Gasteiger partial charge in [0.05, 0.1) is 0 Å². The van der Waals surface area contributed by atoms with E-state index in [9.17, 15) is 9.59 Å². The van der Waals surface area contributed by atoms with Crippen LogP contribution in [0.5, 0.6) is 0 Å². The van der Waals surface area contributed by atoms with E-state index < -0.39 is 0 Å². The number of ketones is 2. The Kier molecular flexibility index (Phi) is 6.47. The van der Waals surface area contributed by atoms with Crippen molar-refractivity contribution in [3.05, 3.63) is 0 Å². The highest BCUT2D eigenvalue weighted by atomic mass is 16.1. The van der Waals surface area contributed by atoms with E-state index in [0.29, 0.717) is 25.2 Å². The summed E-state index contributed by atoms with van der Waals surface area (Å²) in [7, 11) is 0. The number of carbonyl (C=O) groups excluding carboxylic acids is 2. The van der Waals surface area contributed by atoms with Gasteiger partial charge in [-0.05, 0) is 19.3 Å². The minimum Gasteiger partial charge on any atom is -0.300 e. The van der Waals surface area contributed by atoms with Gasteiger partial charge in [-0.1, -0.05) is 20.3 Å². The van der Waals surface area contributed by atoms with Crippen LogP contribution in [0.15, 0.2) is 0 Å². The summed E-state index contributed by atoms with van der Waals surface area (Å²) in [6.45, 7) is 5.83. The summed E-state index contributed by atoms with van der Waals surface area (Å²) in [5.74, 6) is 1.01. The SMILES string of the molecule is CC(=O)CCC(=O)CCCC(C)C. The molecule has 0 aromatic rings. The molecule has 0 saturated carbocycles. The van der Waals surface area contributed by atoms with Gasteiger partial charge in [-0.3, -0.25) is 4.79 Å². The molecule has 0 aliphatic rings. The van der Waals surface area contributed by atoms with Crippen molar-refractivity contribution in [2.24, 2.45) is 5.92 Å². The first-order chi connectivity index (χ1) is 6.02. The molecule has 0 bridgehead atoms. The molecule has 0 unspecified atom stereocenters. The van der Waals surface area contributed by atoms with E-state index in [4.69, 9.17) is 0 Å². The minimum absolute atomic E-state index is 0.109. The predicted molar refractivity (Wildman–Crippen MR) is 53.6 cm³/mol. The topological polar surface area (TPSA) is 34.1 Å². The van der Waals surface area contributed by atoms with Crippen molar-refractivity contribution in [2.45, 2.75) is 52.9 Å². The molecule has 0 aliphatic carbocycles. The lowest BCUT2D eigenvalue weighted by Crippen LogP contribution is -2.02. The first-order valence-corrected chi connectivity index (χ1v) is 5.03. The van der Waals surface area contributed by atoms with Crippen molar-refractivity contribution in [3.63, 3.8) is 0 Å². The van der Waals surface area contributed by atoms with Gasteiger partial charge in [-0.15, -0.1) is 0 Å². The number of hydrogen-bond acceptors (Lipinski definition) is 2. The van der Waals surface area contributed by atoms with Gasteiger partial charge in [0.15, 0.2) is 0 Å². The van der Waals surface area contributed by atoms with Crippen LogP contribution in [0.3, 0.4) is 0 Å². The van der Waals surface area contributed by atoms with Crippen LogP contribution in [0.25, 0.3) is 0 Å². The quantitative estimate of drug-likeness (QED) is 0.609. The monoisotopic (exact) mass is 184 g/mol. The molecule has 0 aliphatic heterocycles. The lowest BCUT2D eigenvalue weighted by Gasteiger charge is -2.02. The van der Waals surface area contributed by atoms with E-state index in [2.05, 4.69) is 13.8 Å². The molecule has 0 N–H and O–H groups in total. The summed E-state index contributed by atoms with van der Waals surface area (Å²) in [6, 6.07) is 0. The van der Waals surface area contributed by atoms with Crippen molar-refractivity contribution in [3.8, 4) is 0 Å². The van der Waals surface area contributed by atoms with E-state index in [1.807, 2.05) is 0 Å². The Bertz CT molecular complexity index is 171. The lowest BCUT2D eigenvalue weighted by molar-refractivity contribution is -0.123. The van der Waals surface area contributed by atoms with Gasteiger partial charge in [0.1, 0.15) is 11.6 Å². The van der Waals surface area contributed by atoms with Gasteiger partial charge in [-0.25, -0.2) is 0 Å². The average molecular weight is 184 g/mol. The van der Waals surface area contributed by atoms with Gasteiger partial charge in [0.2, 0.25) is 0 Å². The van der Waals surface area contributed by atoms with Crippen LogP contribution in [0.2, 0.25) is 0 Å². The fourth-order valence-corrected chi connectivity index (χ4v) is 1.15. The molecular weight excluding hydrogens is 164 g/mol. The van der Waals surface area contributed by atoms with Crippen molar-refractivity contribution in [1.82, 2.24) is 0 Å². The maximum absolute atomic E-state index is 11.2. The molecule has 0 fully saturated rings. The van der Waals surface area contributed by atoms with E-state index in [0.717, 1.165) is 12.8 Å². The molecule has 0 radical (unpaired) electrons. The molecule has 0 amide bonds. The third-order valence-corrected chi connectivity index (χ3v) is 1.99. The highest BCUT2D eigenvalue weighted by molar-refractivity contribution is 5.84. The summed E-state index contributed by atoms with van der Waals surface area (Å²) >= 11 is 0. The summed E-state index contributed by atoms with van der Waals surface area (Å²) in [5.41, 5.74) is 0. The molecule has 2 heteroatoms. The Morgan fingerprint density at radius 2 is 1.69 bits per heavy atom. The van der Waals surface area contributed by atoms with Crippen LogP contribution in [0.4, 0.5) is 0 Å². The maximum atomic E-state index is 11.2. The second kappa shape index (κ2) is 6.81. The van der Waals surface area contributed by atoms with Crippen molar-refractivity contribution >= 4 is 11.6 Å².